The number of aryl methyl sites for hydroxylation is 2. The van der Waals surface area contributed by atoms with E-state index < -0.39 is 0 Å². The maximum atomic E-state index is 13.5. The number of hydrogen-bond donors (Lipinski definition) is 1. The highest BCUT2D eigenvalue weighted by Gasteiger charge is 2.31. The summed E-state index contributed by atoms with van der Waals surface area (Å²) in [7, 11) is 1.98. The fraction of sp³-hybridized carbons (Fsp3) is 0.538. The van der Waals surface area contributed by atoms with Gasteiger partial charge in [-0.3, -0.25) is 0 Å². The molecule has 0 aromatic heterocycles. The Morgan fingerprint density at radius 3 is 2.20 bits per heavy atom. The average molecular weight is 207 g/mol. The first-order valence-corrected chi connectivity index (χ1v) is 5.57. The van der Waals surface area contributed by atoms with E-state index in [-0.39, 0.29) is 5.82 Å². The van der Waals surface area contributed by atoms with Crippen LogP contribution >= 0.6 is 0 Å². The van der Waals surface area contributed by atoms with E-state index in [1.54, 1.807) is 0 Å². The van der Waals surface area contributed by atoms with Crippen LogP contribution in [0.25, 0.3) is 0 Å². The fourth-order valence-electron chi connectivity index (χ4n) is 2.26. The third kappa shape index (κ3) is 2.05. The predicted molar refractivity (Wildman–Crippen MR) is 60.4 cm³/mol. The van der Waals surface area contributed by atoms with Gasteiger partial charge in [-0.25, -0.2) is 4.39 Å². The molecule has 1 N–H and O–H groups in total. The van der Waals surface area contributed by atoms with Gasteiger partial charge in [0.25, 0.3) is 0 Å². The summed E-state index contributed by atoms with van der Waals surface area (Å²) in [6, 6.07) is 4.35. The third-order valence-electron chi connectivity index (χ3n) is 3.22. The van der Waals surface area contributed by atoms with E-state index in [1.165, 1.54) is 18.4 Å². The van der Waals surface area contributed by atoms with Gasteiger partial charge in [-0.2, -0.15) is 0 Å². The van der Waals surface area contributed by atoms with Crippen LogP contribution in [0.3, 0.4) is 0 Å². The van der Waals surface area contributed by atoms with E-state index in [4.69, 9.17) is 0 Å². The highest BCUT2D eigenvalue weighted by atomic mass is 19.1. The lowest BCUT2D eigenvalue weighted by molar-refractivity contribution is 0.525. The molecule has 1 aliphatic rings. The van der Waals surface area contributed by atoms with Gasteiger partial charge in [0.05, 0.1) is 0 Å². The molecule has 2 rings (SSSR count). The van der Waals surface area contributed by atoms with Crippen molar-refractivity contribution >= 4 is 0 Å². The van der Waals surface area contributed by atoms with E-state index in [0.29, 0.717) is 6.04 Å². The van der Waals surface area contributed by atoms with Gasteiger partial charge in [0, 0.05) is 6.04 Å². The molecule has 1 aliphatic carbocycles. The molecule has 82 valence electrons. The van der Waals surface area contributed by atoms with Gasteiger partial charge in [-0.05, 0) is 56.3 Å². The normalized spacial score (nSPS) is 17.9. The minimum absolute atomic E-state index is 0.0654. The molecule has 1 saturated carbocycles. The largest absolute Gasteiger partial charge is 0.313 e. The van der Waals surface area contributed by atoms with E-state index in [1.807, 2.05) is 33.0 Å². The lowest BCUT2D eigenvalue weighted by Crippen LogP contribution is -2.18. The van der Waals surface area contributed by atoms with Gasteiger partial charge in [-0.15, -0.1) is 0 Å². The molecule has 15 heavy (non-hydrogen) atoms. The Kier molecular flexibility index (Phi) is 2.79. The second-order valence-electron chi connectivity index (χ2n) is 4.57. The molecule has 0 spiro atoms. The van der Waals surface area contributed by atoms with E-state index >= 15 is 0 Å². The van der Waals surface area contributed by atoms with Gasteiger partial charge in [0.15, 0.2) is 0 Å². The first-order chi connectivity index (χ1) is 7.13. The Labute approximate surface area is 90.7 Å². The van der Waals surface area contributed by atoms with Gasteiger partial charge in [0.2, 0.25) is 0 Å². The van der Waals surface area contributed by atoms with Gasteiger partial charge in [-0.1, -0.05) is 12.1 Å². The molecule has 0 heterocycles. The molecule has 1 fully saturated rings. The number of halogens is 1. The van der Waals surface area contributed by atoms with Crippen LogP contribution in [0.1, 0.15) is 35.6 Å². The molecule has 1 nitrogen and oxygen atoms in total. The Morgan fingerprint density at radius 2 is 1.80 bits per heavy atom. The Bertz CT molecular complexity index is 346. The summed E-state index contributed by atoms with van der Waals surface area (Å²) in [4.78, 5) is 0. The SMILES string of the molecule is CNC(c1cc(C)c(F)c(C)c1)C1CC1. The first-order valence-electron chi connectivity index (χ1n) is 5.57. The summed E-state index contributed by atoms with van der Waals surface area (Å²) in [5, 5.41) is 3.33. The van der Waals surface area contributed by atoms with Crippen LogP contribution in [-0.2, 0) is 0 Å². The van der Waals surface area contributed by atoms with E-state index in [0.717, 1.165) is 17.0 Å². The summed E-state index contributed by atoms with van der Waals surface area (Å²) < 4.78 is 13.5. The summed E-state index contributed by atoms with van der Waals surface area (Å²) in [6.07, 6.45) is 2.59. The van der Waals surface area contributed by atoms with Crippen molar-refractivity contribution in [1.29, 1.82) is 0 Å². The van der Waals surface area contributed by atoms with Crippen molar-refractivity contribution in [3.8, 4) is 0 Å². The van der Waals surface area contributed by atoms with E-state index in [9.17, 15) is 4.39 Å². The number of benzene rings is 1. The van der Waals surface area contributed by atoms with Crippen molar-refractivity contribution in [3.63, 3.8) is 0 Å². The predicted octanol–water partition coefficient (Wildman–Crippen LogP) is 3.11. The highest BCUT2D eigenvalue weighted by molar-refractivity contribution is 5.33. The maximum Gasteiger partial charge on any atom is 0.129 e. The minimum atomic E-state index is -0.0654. The van der Waals surface area contributed by atoms with Crippen molar-refractivity contribution < 1.29 is 4.39 Å². The molecule has 0 bridgehead atoms. The zero-order valence-corrected chi connectivity index (χ0v) is 9.60. The Balaban J connectivity index is 2.34. The lowest BCUT2D eigenvalue weighted by atomic mass is 9.98. The highest BCUT2D eigenvalue weighted by Crippen LogP contribution is 2.41. The fourth-order valence-corrected chi connectivity index (χ4v) is 2.26. The molecule has 0 radical (unpaired) electrons. The zero-order chi connectivity index (χ0) is 11.0. The molecule has 2 heteroatoms. The third-order valence-corrected chi connectivity index (χ3v) is 3.22. The monoisotopic (exact) mass is 207 g/mol. The molecule has 1 unspecified atom stereocenters. The molecular weight excluding hydrogens is 189 g/mol. The molecule has 0 saturated heterocycles. The smallest absolute Gasteiger partial charge is 0.129 e. The van der Waals surface area contributed by atoms with Crippen molar-refractivity contribution in [2.75, 3.05) is 7.05 Å². The number of rotatable bonds is 3. The molecule has 1 aromatic rings. The molecule has 0 amide bonds. The summed E-state index contributed by atoms with van der Waals surface area (Å²) in [5.74, 6) is 0.684. The van der Waals surface area contributed by atoms with Crippen LogP contribution in [0.2, 0.25) is 0 Å². The zero-order valence-electron chi connectivity index (χ0n) is 9.60. The average Bonchev–Trinajstić information content (AvgIpc) is 2.99. The van der Waals surface area contributed by atoms with Crippen LogP contribution in [0, 0.1) is 25.6 Å². The molecule has 1 aromatic carbocycles. The first kappa shape index (κ1) is 10.6. The van der Waals surface area contributed by atoms with Crippen molar-refractivity contribution in [3.05, 3.63) is 34.6 Å². The molecular formula is C13H18FN. The van der Waals surface area contributed by atoms with E-state index in [2.05, 4.69) is 5.32 Å². The number of nitrogens with one attached hydrogen (secondary N) is 1. The van der Waals surface area contributed by atoms with Crippen LogP contribution in [0.5, 0.6) is 0 Å². The number of hydrogen-bond acceptors (Lipinski definition) is 1. The summed E-state index contributed by atoms with van der Waals surface area (Å²) in [5.41, 5.74) is 2.74. The lowest BCUT2D eigenvalue weighted by Gasteiger charge is -2.17. The minimum Gasteiger partial charge on any atom is -0.313 e. The second-order valence-corrected chi connectivity index (χ2v) is 4.57. The van der Waals surface area contributed by atoms with Crippen LogP contribution in [-0.4, -0.2) is 7.05 Å². The topological polar surface area (TPSA) is 12.0 Å². The van der Waals surface area contributed by atoms with Crippen molar-refractivity contribution in [2.45, 2.75) is 32.7 Å². The van der Waals surface area contributed by atoms with Crippen LogP contribution in [0.15, 0.2) is 12.1 Å². The van der Waals surface area contributed by atoms with Gasteiger partial charge < -0.3 is 5.32 Å². The quantitative estimate of drug-likeness (QED) is 0.803. The Morgan fingerprint density at radius 1 is 1.27 bits per heavy atom. The summed E-state index contributed by atoms with van der Waals surface area (Å²) in [6.45, 7) is 3.68. The van der Waals surface area contributed by atoms with Gasteiger partial charge >= 0.3 is 0 Å². The van der Waals surface area contributed by atoms with Crippen LogP contribution < -0.4 is 5.32 Å². The maximum absolute atomic E-state index is 13.5. The van der Waals surface area contributed by atoms with Crippen molar-refractivity contribution in [2.24, 2.45) is 5.92 Å². The molecule has 0 aliphatic heterocycles. The van der Waals surface area contributed by atoms with Crippen molar-refractivity contribution in [1.82, 2.24) is 5.32 Å². The second kappa shape index (κ2) is 3.93. The van der Waals surface area contributed by atoms with Gasteiger partial charge in [0.1, 0.15) is 5.82 Å². The Hall–Kier alpha value is -0.890. The molecule has 1 atom stereocenters. The summed E-state index contributed by atoms with van der Waals surface area (Å²) >= 11 is 0. The van der Waals surface area contributed by atoms with Crippen LogP contribution in [0.4, 0.5) is 4.39 Å². The standard InChI is InChI=1S/C13H18FN/c1-8-6-11(7-9(2)12(8)14)13(15-3)10-4-5-10/h6-7,10,13,15H,4-5H2,1-3H3.